The van der Waals surface area contributed by atoms with E-state index in [1.807, 2.05) is 0 Å². The molecule has 0 fully saturated rings. The van der Waals surface area contributed by atoms with Crippen molar-refractivity contribution in [2.45, 2.75) is 366 Å². The molecule has 6 heteroatoms. The molecule has 1 amide bonds. The fourth-order valence-corrected chi connectivity index (χ4v) is 10.2. The van der Waals surface area contributed by atoms with E-state index in [0.717, 1.165) is 64.2 Å². The molecule has 6 nitrogen and oxygen atoms in total. The minimum Gasteiger partial charge on any atom is -0.466 e. The molecule has 0 aliphatic carbocycles. The molecule has 0 bridgehead atoms. The second-order valence-electron chi connectivity index (χ2n) is 22.8. The first-order valence-electron chi connectivity index (χ1n) is 33.4. The lowest BCUT2D eigenvalue weighted by atomic mass is 10.0. The quantitative estimate of drug-likeness (QED) is 0.0320. The van der Waals surface area contributed by atoms with Crippen molar-refractivity contribution in [3.8, 4) is 0 Å². The van der Waals surface area contributed by atoms with Gasteiger partial charge in [-0.2, -0.15) is 0 Å². The van der Waals surface area contributed by atoms with Gasteiger partial charge >= 0.3 is 5.97 Å². The highest BCUT2D eigenvalue weighted by Crippen LogP contribution is 2.18. The zero-order valence-electron chi connectivity index (χ0n) is 50.3. The first kappa shape index (κ1) is 72.8. The maximum absolute atomic E-state index is 12.5. The Labute approximate surface area is 467 Å². The van der Waals surface area contributed by atoms with E-state index in [2.05, 4.69) is 67.8 Å². The Balaban J connectivity index is 3.44. The molecule has 2 unspecified atom stereocenters. The van der Waals surface area contributed by atoms with Gasteiger partial charge in [0.25, 0.3) is 0 Å². The van der Waals surface area contributed by atoms with Gasteiger partial charge in [-0.05, 0) is 89.9 Å². The van der Waals surface area contributed by atoms with Gasteiger partial charge in [0.2, 0.25) is 5.91 Å². The number of rotatable bonds is 62. The molecule has 0 saturated heterocycles. The Bertz CT molecular complexity index is 1260. The summed E-state index contributed by atoms with van der Waals surface area (Å²) in [7, 11) is 0. The lowest BCUT2D eigenvalue weighted by Gasteiger charge is -2.22. The number of amides is 1. The molecular weight excluding hydrogens is 923 g/mol. The minimum absolute atomic E-state index is 0.00338. The molecule has 3 N–H and O–H groups in total. The van der Waals surface area contributed by atoms with Gasteiger partial charge in [-0.15, -0.1) is 0 Å². The zero-order valence-corrected chi connectivity index (χ0v) is 50.3. The zero-order chi connectivity index (χ0) is 54.3. The largest absolute Gasteiger partial charge is 0.466 e. The van der Waals surface area contributed by atoms with Crippen LogP contribution in [-0.2, 0) is 14.3 Å². The van der Waals surface area contributed by atoms with Crippen molar-refractivity contribution >= 4 is 11.9 Å². The molecular formula is C69H129NO5. The topological polar surface area (TPSA) is 95.9 Å². The number of carbonyl (C=O) groups excluding carboxylic acids is 2. The maximum Gasteiger partial charge on any atom is 0.305 e. The third kappa shape index (κ3) is 60.9. The number of esters is 1. The van der Waals surface area contributed by atoms with Gasteiger partial charge in [0.05, 0.1) is 25.4 Å². The lowest BCUT2D eigenvalue weighted by molar-refractivity contribution is -0.143. The van der Waals surface area contributed by atoms with E-state index < -0.39 is 12.1 Å². The second kappa shape index (κ2) is 64.3. The molecule has 0 aromatic rings. The second-order valence-corrected chi connectivity index (χ2v) is 22.8. The van der Waals surface area contributed by atoms with E-state index in [1.165, 1.54) is 257 Å². The van der Waals surface area contributed by atoms with E-state index in [1.54, 1.807) is 0 Å². The SMILES string of the molecule is CCCCC/C=C\C/C=C\CCCCCCCCCCCC(=O)OCCCCCCCCCCC/C=C\C/C=C\CCCCCCCCCC(=O)NC(CO)C(O)CCCCCCCCCCCCCCCCCC. The predicted molar refractivity (Wildman–Crippen MR) is 329 cm³/mol. The highest BCUT2D eigenvalue weighted by molar-refractivity contribution is 5.76. The third-order valence-corrected chi connectivity index (χ3v) is 15.4. The van der Waals surface area contributed by atoms with Gasteiger partial charge in [0.15, 0.2) is 0 Å². The Morgan fingerprint density at radius 3 is 1.04 bits per heavy atom. The molecule has 0 radical (unpaired) electrons. The summed E-state index contributed by atoms with van der Waals surface area (Å²) in [5.41, 5.74) is 0. The van der Waals surface area contributed by atoms with E-state index in [9.17, 15) is 19.8 Å². The summed E-state index contributed by atoms with van der Waals surface area (Å²) in [6.07, 6.45) is 82.7. The highest BCUT2D eigenvalue weighted by atomic mass is 16.5. The van der Waals surface area contributed by atoms with Crippen LogP contribution in [0.3, 0.4) is 0 Å². The average molecular weight is 1050 g/mol. The van der Waals surface area contributed by atoms with Gasteiger partial charge in [-0.3, -0.25) is 9.59 Å². The molecule has 75 heavy (non-hydrogen) atoms. The predicted octanol–water partition coefficient (Wildman–Crippen LogP) is 21.3. The maximum atomic E-state index is 12.5. The summed E-state index contributed by atoms with van der Waals surface area (Å²) in [5, 5.41) is 23.3. The summed E-state index contributed by atoms with van der Waals surface area (Å²) in [4.78, 5) is 24.6. The van der Waals surface area contributed by atoms with E-state index in [4.69, 9.17) is 4.74 Å². The summed E-state index contributed by atoms with van der Waals surface area (Å²) >= 11 is 0. The van der Waals surface area contributed by atoms with Crippen LogP contribution in [0.25, 0.3) is 0 Å². The van der Waals surface area contributed by atoms with Crippen LogP contribution in [0, 0.1) is 0 Å². The number of hydrogen-bond acceptors (Lipinski definition) is 5. The average Bonchev–Trinajstić information content (AvgIpc) is 3.41. The number of allylic oxidation sites excluding steroid dienone is 8. The number of unbranched alkanes of at least 4 members (excludes halogenated alkanes) is 43. The molecule has 0 heterocycles. The molecule has 440 valence electrons. The van der Waals surface area contributed by atoms with Crippen molar-refractivity contribution < 1.29 is 24.5 Å². The van der Waals surface area contributed by atoms with Gasteiger partial charge in [0.1, 0.15) is 0 Å². The van der Waals surface area contributed by atoms with Gasteiger partial charge in [0, 0.05) is 12.8 Å². The minimum atomic E-state index is -0.672. The molecule has 0 aromatic heterocycles. The van der Waals surface area contributed by atoms with E-state index >= 15 is 0 Å². The number of hydrogen-bond donors (Lipinski definition) is 3. The van der Waals surface area contributed by atoms with E-state index in [0.29, 0.717) is 25.9 Å². The standard InChI is InChI=1S/C69H129NO5/c1-3-5-7-9-11-13-15-17-19-21-27-31-35-39-43-47-51-55-59-63-69(74)75-64-60-56-52-48-44-40-36-32-29-26-24-22-23-25-28-30-34-38-42-46-50-54-58-62-68(73)70-66(65-71)67(72)61-57-53-49-45-41-37-33-20-18-16-14-12-10-8-6-4-2/h11,13,17,19,22,24-25,28,66-67,71-72H,3-10,12,14-16,18,20-21,23,26-27,29-65H2,1-2H3,(H,70,73)/b13-11-,19-17-,24-22-,28-25-. The number of aliphatic hydroxyl groups excluding tert-OH is 2. The normalized spacial score (nSPS) is 12.9. The van der Waals surface area contributed by atoms with Crippen molar-refractivity contribution in [1.29, 1.82) is 0 Å². The fraction of sp³-hybridized carbons (Fsp3) is 0.855. The van der Waals surface area contributed by atoms with Crippen molar-refractivity contribution in [2.24, 2.45) is 0 Å². The fourth-order valence-electron chi connectivity index (χ4n) is 10.2. The molecule has 2 atom stereocenters. The van der Waals surface area contributed by atoms with Gasteiger partial charge in [-0.25, -0.2) is 0 Å². The summed E-state index contributed by atoms with van der Waals surface area (Å²) in [6.45, 7) is 4.94. The molecule has 0 spiro atoms. The third-order valence-electron chi connectivity index (χ3n) is 15.4. The number of ether oxygens (including phenoxy) is 1. The Hall–Kier alpha value is -2.18. The smallest absolute Gasteiger partial charge is 0.305 e. The Morgan fingerprint density at radius 2 is 0.667 bits per heavy atom. The molecule has 0 aromatic carbocycles. The number of nitrogens with one attached hydrogen (secondary N) is 1. The first-order chi connectivity index (χ1) is 37.0. The number of aliphatic hydroxyl groups is 2. The number of carbonyl (C=O) groups is 2. The van der Waals surface area contributed by atoms with Crippen LogP contribution >= 0.6 is 0 Å². The van der Waals surface area contributed by atoms with Crippen LogP contribution < -0.4 is 5.32 Å². The van der Waals surface area contributed by atoms with Crippen molar-refractivity contribution in [3.63, 3.8) is 0 Å². The molecule has 0 saturated carbocycles. The molecule has 0 aliphatic rings. The van der Waals surface area contributed by atoms with E-state index in [-0.39, 0.29) is 18.5 Å². The summed E-state index contributed by atoms with van der Waals surface area (Å²) < 4.78 is 5.50. The van der Waals surface area contributed by atoms with Crippen LogP contribution in [0.4, 0.5) is 0 Å². The Kier molecular flexibility index (Phi) is 62.5. The molecule has 0 rings (SSSR count). The van der Waals surface area contributed by atoms with Crippen molar-refractivity contribution in [2.75, 3.05) is 13.2 Å². The van der Waals surface area contributed by atoms with Crippen LogP contribution in [-0.4, -0.2) is 47.4 Å². The summed E-state index contributed by atoms with van der Waals surface area (Å²) in [6, 6.07) is -0.550. The van der Waals surface area contributed by atoms with Gasteiger partial charge in [-0.1, -0.05) is 300 Å². The Morgan fingerprint density at radius 1 is 0.373 bits per heavy atom. The first-order valence-corrected chi connectivity index (χ1v) is 33.4. The lowest BCUT2D eigenvalue weighted by Crippen LogP contribution is -2.45. The van der Waals surface area contributed by atoms with Gasteiger partial charge < -0.3 is 20.3 Å². The van der Waals surface area contributed by atoms with Crippen LogP contribution in [0.15, 0.2) is 48.6 Å². The van der Waals surface area contributed by atoms with Crippen LogP contribution in [0.5, 0.6) is 0 Å². The van der Waals surface area contributed by atoms with Crippen LogP contribution in [0.2, 0.25) is 0 Å². The van der Waals surface area contributed by atoms with Crippen LogP contribution in [0.1, 0.15) is 354 Å². The molecule has 0 aliphatic heterocycles. The monoisotopic (exact) mass is 1050 g/mol. The van der Waals surface area contributed by atoms with Crippen molar-refractivity contribution in [3.05, 3.63) is 48.6 Å². The highest BCUT2D eigenvalue weighted by Gasteiger charge is 2.20. The van der Waals surface area contributed by atoms with Crippen molar-refractivity contribution in [1.82, 2.24) is 5.32 Å². The summed E-state index contributed by atoms with van der Waals surface area (Å²) in [5.74, 6) is -0.0404.